The second-order valence-corrected chi connectivity index (χ2v) is 7.24. The maximum atomic E-state index is 12.6. The molecule has 140 valence electrons. The zero-order valence-electron chi connectivity index (χ0n) is 15.5. The molecule has 1 saturated heterocycles. The smallest absolute Gasteiger partial charge is 0.292 e. The minimum Gasteiger partial charge on any atom is -0.438 e. The molecule has 2 aliphatic rings. The average molecular weight is 358 g/mol. The van der Waals surface area contributed by atoms with Crippen LogP contribution in [0.4, 0.5) is 0 Å². The van der Waals surface area contributed by atoms with E-state index in [0.717, 1.165) is 44.1 Å². The van der Waals surface area contributed by atoms with Gasteiger partial charge >= 0.3 is 0 Å². The summed E-state index contributed by atoms with van der Waals surface area (Å²) >= 11 is 0. The number of nitrogens with zero attached hydrogens (tertiary/aromatic N) is 6. The first-order chi connectivity index (χ1) is 12.7. The fourth-order valence-corrected chi connectivity index (χ4v) is 4.04. The lowest BCUT2D eigenvalue weighted by molar-refractivity contribution is 0.0672. The number of aryl methyl sites for hydroxylation is 1. The number of oxazole rings is 1. The molecule has 1 amide bonds. The summed E-state index contributed by atoms with van der Waals surface area (Å²) in [5, 5.41) is 8.87. The van der Waals surface area contributed by atoms with E-state index in [1.165, 1.54) is 19.4 Å². The van der Waals surface area contributed by atoms with Gasteiger partial charge in [-0.2, -0.15) is 0 Å². The Morgan fingerprint density at radius 1 is 1.23 bits per heavy atom. The molecule has 0 aromatic carbocycles. The Morgan fingerprint density at radius 3 is 2.73 bits per heavy atom. The van der Waals surface area contributed by atoms with Crippen molar-refractivity contribution >= 4 is 5.91 Å². The van der Waals surface area contributed by atoms with E-state index >= 15 is 0 Å². The molecule has 4 rings (SSSR count). The molecule has 1 fully saturated rings. The van der Waals surface area contributed by atoms with Gasteiger partial charge < -0.3 is 18.8 Å². The van der Waals surface area contributed by atoms with Gasteiger partial charge in [0.15, 0.2) is 12.2 Å². The number of hydrogen-bond acceptors (Lipinski definition) is 6. The zero-order valence-corrected chi connectivity index (χ0v) is 15.5. The van der Waals surface area contributed by atoms with Crippen LogP contribution in [0, 0.1) is 6.92 Å². The molecule has 0 unspecified atom stereocenters. The van der Waals surface area contributed by atoms with E-state index < -0.39 is 0 Å². The van der Waals surface area contributed by atoms with Gasteiger partial charge in [-0.15, -0.1) is 10.2 Å². The number of amides is 1. The molecule has 0 spiro atoms. The fourth-order valence-electron chi connectivity index (χ4n) is 4.04. The maximum absolute atomic E-state index is 12.6. The first-order valence-electron chi connectivity index (χ1n) is 9.51. The highest BCUT2D eigenvalue weighted by Gasteiger charge is 2.31. The van der Waals surface area contributed by atoms with E-state index in [1.807, 2.05) is 0 Å². The maximum Gasteiger partial charge on any atom is 0.292 e. The van der Waals surface area contributed by atoms with Crippen molar-refractivity contribution in [2.24, 2.45) is 0 Å². The predicted octanol–water partition coefficient (Wildman–Crippen LogP) is 1.82. The molecule has 0 aliphatic carbocycles. The highest BCUT2D eigenvalue weighted by atomic mass is 16.3. The summed E-state index contributed by atoms with van der Waals surface area (Å²) in [6.45, 7) is 9.33. The highest BCUT2D eigenvalue weighted by Crippen LogP contribution is 2.29. The standard InChI is InChI=1S/C18H26N6O2/c1-3-6-22-7-4-14(5-8-22)17-21-20-15-11-23(9-10-24(15)17)18(25)16-13(2)19-12-26-16/h12,14H,3-11H2,1-2H3. The molecule has 8 heteroatoms. The summed E-state index contributed by atoms with van der Waals surface area (Å²) in [5.74, 6) is 2.64. The predicted molar refractivity (Wildman–Crippen MR) is 94.7 cm³/mol. The number of hydrogen-bond donors (Lipinski definition) is 0. The molecule has 0 saturated carbocycles. The van der Waals surface area contributed by atoms with Crippen LogP contribution in [-0.4, -0.2) is 61.6 Å². The summed E-state index contributed by atoms with van der Waals surface area (Å²) in [6.07, 6.45) is 4.80. The van der Waals surface area contributed by atoms with Crippen LogP contribution in [-0.2, 0) is 13.1 Å². The Labute approximate surface area is 153 Å². The topological polar surface area (TPSA) is 80.3 Å². The van der Waals surface area contributed by atoms with Gasteiger partial charge in [-0.1, -0.05) is 6.92 Å². The summed E-state index contributed by atoms with van der Waals surface area (Å²) < 4.78 is 7.47. The van der Waals surface area contributed by atoms with E-state index in [0.29, 0.717) is 30.5 Å². The summed E-state index contributed by atoms with van der Waals surface area (Å²) in [6, 6.07) is 0. The van der Waals surface area contributed by atoms with E-state index in [1.54, 1.807) is 11.8 Å². The summed E-state index contributed by atoms with van der Waals surface area (Å²) in [5.41, 5.74) is 0.626. The number of piperidine rings is 1. The first-order valence-corrected chi connectivity index (χ1v) is 9.51. The fraction of sp³-hybridized carbons (Fsp3) is 0.667. The number of likely N-dealkylation sites (tertiary alicyclic amines) is 1. The van der Waals surface area contributed by atoms with E-state index in [9.17, 15) is 4.79 Å². The number of rotatable bonds is 4. The molecule has 4 heterocycles. The Balaban J connectivity index is 1.44. The molecule has 8 nitrogen and oxygen atoms in total. The largest absolute Gasteiger partial charge is 0.438 e. The molecule has 0 bridgehead atoms. The lowest BCUT2D eigenvalue weighted by Gasteiger charge is -2.32. The van der Waals surface area contributed by atoms with Crippen LogP contribution in [0.1, 0.15) is 60.0 Å². The van der Waals surface area contributed by atoms with Crippen molar-refractivity contribution in [1.82, 2.24) is 29.5 Å². The van der Waals surface area contributed by atoms with Gasteiger partial charge in [0.05, 0.1) is 12.2 Å². The lowest BCUT2D eigenvalue weighted by Crippen LogP contribution is -2.39. The SMILES string of the molecule is CCCN1CCC(c2nnc3n2CCN(C(=O)c2ocnc2C)C3)CC1. The number of aromatic nitrogens is 4. The highest BCUT2D eigenvalue weighted by molar-refractivity contribution is 5.92. The second kappa shape index (κ2) is 7.19. The Bertz CT molecular complexity index is 774. The second-order valence-electron chi connectivity index (χ2n) is 7.24. The monoisotopic (exact) mass is 358 g/mol. The molecule has 2 aromatic heterocycles. The summed E-state index contributed by atoms with van der Waals surface area (Å²) in [4.78, 5) is 20.9. The third-order valence-electron chi connectivity index (χ3n) is 5.50. The normalized spacial score (nSPS) is 18.9. The van der Waals surface area contributed by atoms with Crippen LogP contribution in [0.2, 0.25) is 0 Å². The Hall–Kier alpha value is -2.22. The molecule has 0 N–H and O–H groups in total. The third-order valence-corrected chi connectivity index (χ3v) is 5.50. The first kappa shape index (κ1) is 17.2. The van der Waals surface area contributed by atoms with Gasteiger partial charge in [0.1, 0.15) is 5.82 Å². The van der Waals surface area contributed by atoms with Gasteiger partial charge in [-0.05, 0) is 45.8 Å². The van der Waals surface area contributed by atoms with Crippen LogP contribution >= 0.6 is 0 Å². The minimum atomic E-state index is -0.122. The number of carbonyl (C=O) groups is 1. The van der Waals surface area contributed by atoms with Crippen LogP contribution in [0.5, 0.6) is 0 Å². The number of fused-ring (bicyclic) bond motifs is 1. The van der Waals surface area contributed by atoms with Gasteiger partial charge in [0, 0.05) is 19.0 Å². The Morgan fingerprint density at radius 2 is 2.04 bits per heavy atom. The zero-order chi connectivity index (χ0) is 18.1. The molecule has 2 aliphatic heterocycles. The van der Waals surface area contributed by atoms with Crippen LogP contribution in [0.25, 0.3) is 0 Å². The average Bonchev–Trinajstić information content (AvgIpc) is 3.27. The van der Waals surface area contributed by atoms with Crippen molar-refractivity contribution in [3.8, 4) is 0 Å². The number of carbonyl (C=O) groups excluding carboxylic acids is 1. The van der Waals surface area contributed by atoms with Crippen molar-refractivity contribution in [2.45, 2.75) is 52.1 Å². The van der Waals surface area contributed by atoms with E-state index in [2.05, 4.69) is 31.6 Å². The molecule has 26 heavy (non-hydrogen) atoms. The van der Waals surface area contributed by atoms with Crippen LogP contribution < -0.4 is 0 Å². The van der Waals surface area contributed by atoms with Crippen LogP contribution in [0.3, 0.4) is 0 Å². The van der Waals surface area contributed by atoms with E-state index in [-0.39, 0.29) is 5.91 Å². The molecular formula is C18H26N6O2. The Kier molecular flexibility index (Phi) is 4.76. The van der Waals surface area contributed by atoms with Crippen LogP contribution in [0.15, 0.2) is 10.8 Å². The molecular weight excluding hydrogens is 332 g/mol. The van der Waals surface area contributed by atoms with Crippen molar-refractivity contribution in [3.63, 3.8) is 0 Å². The van der Waals surface area contributed by atoms with Gasteiger partial charge in [0.25, 0.3) is 5.91 Å². The minimum absolute atomic E-state index is 0.122. The molecule has 0 atom stereocenters. The van der Waals surface area contributed by atoms with Gasteiger partial charge in [-0.3, -0.25) is 4.79 Å². The van der Waals surface area contributed by atoms with Crippen molar-refractivity contribution in [3.05, 3.63) is 29.5 Å². The quantitative estimate of drug-likeness (QED) is 0.829. The van der Waals surface area contributed by atoms with Crippen molar-refractivity contribution in [1.29, 1.82) is 0 Å². The van der Waals surface area contributed by atoms with Gasteiger partial charge in [0.2, 0.25) is 5.76 Å². The lowest BCUT2D eigenvalue weighted by atomic mass is 9.95. The van der Waals surface area contributed by atoms with E-state index in [4.69, 9.17) is 4.42 Å². The van der Waals surface area contributed by atoms with Crippen molar-refractivity contribution < 1.29 is 9.21 Å². The molecule has 0 radical (unpaired) electrons. The molecule has 2 aromatic rings. The third kappa shape index (κ3) is 3.13. The van der Waals surface area contributed by atoms with Gasteiger partial charge in [-0.25, -0.2) is 4.98 Å². The van der Waals surface area contributed by atoms with Crippen molar-refractivity contribution in [2.75, 3.05) is 26.2 Å². The summed E-state index contributed by atoms with van der Waals surface area (Å²) in [7, 11) is 0.